The van der Waals surface area contributed by atoms with Gasteiger partial charge in [-0.05, 0) is 66.4 Å². The van der Waals surface area contributed by atoms with Gasteiger partial charge in [-0.25, -0.2) is 8.42 Å². The van der Waals surface area contributed by atoms with Crippen LogP contribution in [-0.4, -0.2) is 14.3 Å². The predicted octanol–water partition coefficient (Wildman–Crippen LogP) is 4.97. The van der Waals surface area contributed by atoms with Crippen molar-refractivity contribution in [3.63, 3.8) is 0 Å². The molecule has 0 bridgehead atoms. The fourth-order valence-corrected chi connectivity index (χ4v) is 4.23. The van der Waals surface area contributed by atoms with E-state index in [1.807, 2.05) is 5.40 Å². The van der Waals surface area contributed by atoms with E-state index in [1.165, 1.54) is 24.3 Å². The number of thiocyanates is 1. The number of carbonyl (C=O) groups excluding carboxylic acids is 1. The van der Waals surface area contributed by atoms with Gasteiger partial charge < -0.3 is 5.32 Å². The number of rotatable bonds is 6. The molecule has 29 heavy (non-hydrogen) atoms. The molecule has 0 aliphatic carbocycles. The van der Waals surface area contributed by atoms with Crippen LogP contribution in [0.2, 0.25) is 5.02 Å². The van der Waals surface area contributed by atoms with E-state index in [-0.39, 0.29) is 16.5 Å². The predicted molar refractivity (Wildman–Crippen MR) is 115 cm³/mol. The van der Waals surface area contributed by atoms with E-state index in [1.54, 1.807) is 48.5 Å². The van der Waals surface area contributed by atoms with Gasteiger partial charge in [-0.1, -0.05) is 29.8 Å². The first-order chi connectivity index (χ1) is 13.9. The van der Waals surface area contributed by atoms with E-state index in [0.29, 0.717) is 21.2 Å². The molecular weight excluding hydrogens is 430 g/mol. The van der Waals surface area contributed by atoms with Crippen LogP contribution in [-0.2, 0) is 10.0 Å². The van der Waals surface area contributed by atoms with Crippen molar-refractivity contribution in [1.82, 2.24) is 0 Å². The Hall–Kier alpha value is -2.99. The van der Waals surface area contributed by atoms with E-state index in [2.05, 4.69) is 10.0 Å². The average Bonchev–Trinajstić information content (AvgIpc) is 2.71. The Balaban J connectivity index is 1.84. The highest BCUT2D eigenvalue weighted by atomic mass is 35.5. The number of benzene rings is 3. The van der Waals surface area contributed by atoms with E-state index in [9.17, 15) is 13.2 Å². The Bertz CT molecular complexity index is 1180. The number of nitriles is 1. The van der Waals surface area contributed by atoms with E-state index in [0.717, 1.165) is 11.8 Å². The molecule has 6 nitrogen and oxygen atoms in total. The Labute approximate surface area is 177 Å². The summed E-state index contributed by atoms with van der Waals surface area (Å²) in [5.74, 6) is -0.354. The van der Waals surface area contributed by atoms with Crippen molar-refractivity contribution >= 4 is 50.7 Å². The first kappa shape index (κ1) is 20.7. The minimum atomic E-state index is -3.81. The van der Waals surface area contributed by atoms with Crippen LogP contribution in [0.3, 0.4) is 0 Å². The van der Waals surface area contributed by atoms with Crippen molar-refractivity contribution in [3.05, 3.63) is 83.4 Å². The third kappa shape index (κ3) is 5.29. The maximum Gasteiger partial charge on any atom is 0.261 e. The lowest BCUT2D eigenvalue weighted by Gasteiger charge is -2.13. The molecule has 9 heteroatoms. The molecule has 0 heterocycles. The summed E-state index contributed by atoms with van der Waals surface area (Å²) in [6, 6.07) is 18.9. The van der Waals surface area contributed by atoms with Crippen LogP contribution in [0.25, 0.3) is 0 Å². The molecule has 0 saturated heterocycles. The molecule has 0 saturated carbocycles. The summed E-state index contributed by atoms with van der Waals surface area (Å²) >= 11 is 6.61. The number of nitrogens with one attached hydrogen (secondary N) is 2. The van der Waals surface area contributed by atoms with Crippen LogP contribution < -0.4 is 10.0 Å². The van der Waals surface area contributed by atoms with Crippen molar-refractivity contribution in [2.75, 3.05) is 10.0 Å². The molecular formula is C20H14ClN3O3S2. The lowest BCUT2D eigenvalue weighted by molar-refractivity contribution is 0.102. The van der Waals surface area contributed by atoms with E-state index in [4.69, 9.17) is 16.9 Å². The normalized spacial score (nSPS) is 10.8. The summed E-state index contributed by atoms with van der Waals surface area (Å²) in [6.45, 7) is 0. The van der Waals surface area contributed by atoms with Gasteiger partial charge >= 0.3 is 0 Å². The Morgan fingerprint density at radius 2 is 1.69 bits per heavy atom. The fourth-order valence-electron chi connectivity index (χ4n) is 2.43. The SMILES string of the molecule is N#CSc1cc(NC(=O)c2ccc(Cl)cc2)ccc1NS(=O)(=O)c1ccccc1. The zero-order valence-electron chi connectivity index (χ0n) is 14.8. The number of anilines is 2. The van der Waals surface area contributed by atoms with Gasteiger partial charge in [0.1, 0.15) is 5.40 Å². The van der Waals surface area contributed by atoms with Crippen molar-refractivity contribution in [1.29, 1.82) is 5.26 Å². The van der Waals surface area contributed by atoms with Crippen molar-refractivity contribution in [3.8, 4) is 5.40 Å². The molecule has 0 aromatic heterocycles. The number of hydrogen-bond donors (Lipinski definition) is 2. The van der Waals surface area contributed by atoms with Gasteiger partial charge in [-0.3, -0.25) is 9.52 Å². The number of amides is 1. The molecule has 3 aromatic carbocycles. The summed E-state index contributed by atoms with van der Waals surface area (Å²) in [6.07, 6.45) is 0. The van der Waals surface area contributed by atoms with Crippen LogP contribution in [0, 0.1) is 10.7 Å². The van der Waals surface area contributed by atoms with Gasteiger partial charge in [-0.2, -0.15) is 5.26 Å². The second kappa shape index (κ2) is 9.01. The molecule has 0 unspecified atom stereocenters. The molecule has 0 radical (unpaired) electrons. The molecule has 0 aliphatic rings. The summed E-state index contributed by atoms with van der Waals surface area (Å²) in [7, 11) is -3.81. The van der Waals surface area contributed by atoms with Crippen molar-refractivity contribution in [2.24, 2.45) is 0 Å². The standard InChI is InChI=1S/C20H14ClN3O3S2/c21-15-8-6-14(7-9-15)20(25)23-16-10-11-18(19(12-16)28-13-22)24-29(26,27)17-4-2-1-3-5-17/h1-12,24H,(H,23,25). The molecule has 1 amide bonds. The quantitative estimate of drug-likeness (QED) is 0.414. The zero-order valence-corrected chi connectivity index (χ0v) is 17.2. The third-order valence-corrected chi connectivity index (χ3v) is 6.08. The first-order valence-corrected chi connectivity index (χ1v) is 10.9. The second-order valence-electron chi connectivity index (χ2n) is 5.78. The number of hydrogen-bond acceptors (Lipinski definition) is 5. The lowest BCUT2D eigenvalue weighted by atomic mass is 10.2. The molecule has 0 aliphatic heterocycles. The fraction of sp³-hybridized carbons (Fsp3) is 0. The van der Waals surface area contributed by atoms with Crippen LogP contribution in [0.4, 0.5) is 11.4 Å². The minimum Gasteiger partial charge on any atom is -0.322 e. The minimum absolute atomic E-state index is 0.105. The summed E-state index contributed by atoms with van der Waals surface area (Å²) in [4.78, 5) is 12.8. The highest BCUT2D eigenvalue weighted by molar-refractivity contribution is 8.04. The Kier molecular flexibility index (Phi) is 6.44. The monoisotopic (exact) mass is 443 g/mol. The van der Waals surface area contributed by atoms with Gasteiger partial charge in [0.05, 0.1) is 10.6 Å². The van der Waals surface area contributed by atoms with Crippen LogP contribution in [0.1, 0.15) is 10.4 Å². The summed E-state index contributed by atoms with van der Waals surface area (Å²) in [5.41, 5.74) is 1.08. The maximum absolute atomic E-state index is 12.5. The number of sulfonamides is 1. The van der Waals surface area contributed by atoms with E-state index < -0.39 is 10.0 Å². The largest absolute Gasteiger partial charge is 0.322 e. The van der Waals surface area contributed by atoms with Gasteiger partial charge in [0, 0.05) is 21.2 Å². The molecule has 2 N–H and O–H groups in total. The molecule has 0 fully saturated rings. The summed E-state index contributed by atoms with van der Waals surface area (Å²) in [5, 5.41) is 14.2. The topological polar surface area (TPSA) is 99.1 Å². The number of carbonyl (C=O) groups is 1. The lowest BCUT2D eigenvalue weighted by Crippen LogP contribution is -2.14. The molecule has 0 atom stereocenters. The third-order valence-electron chi connectivity index (χ3n) is 3.80. The average molecular weight is 444 g/mol. The van der Waals surface area contributed by atoms with Gasteiger partial charge in [-0.15, -0.1) is 0 Å². The maximum atomic E-state index is 12.5. The first-order valence-electron chi connectivity index (χ1n) is 8.24. The van der Waals surface area contributed by atoms with Crippen LogP contribution >= 0.6 is 23.4 Å². The van der Waals surface area contributed by atoms with E-state index >= 15 is 0 Å². The highest BCUT2D eigenvalue weighted by Crippen LogP contribution is 2.31. The van der Waals surface area contributed by atoms with Gasteiger partial charge in [0.25, 0.3) is 15.9 Å². The number of thioether (sulfide) groups is 1. The van der Waals surface area contributed by atoms with Crippen LogP contribution in [0.5, 0.6) is 0 Å². The van der Waals surface area contributed by atoms with Gasteiger partial charge in [0.2, 0.25) is 0 Å². The summed E-state index contributed by atoms with van der Waals surface area (Å²) < 4.78 is 27.6. The number of halogens is 1. The van der Waals surface area contributed by atoms with Crippen LogP contribution in [0.15, 0.2) is 82.6 Å². The Morgan fingerprint density at radius 1 is 1.00 bits per heavy atom. The van der Waals surface area contributed by atoms with Crippen molar-refractivity contribution < 1.29 is 13.2 Å². The Morgan fingerprint density at radius 3 is 2.34 bits per heavy atom. The smallest absolute Gasteiger partial charge is 0.261 e. The van der Waals surface area contributed by atoms with Gasteiger partial charge in [0.15, 0.2) is 0 Å². The zero-order chi connectivity index (χ0) is 20.9. The molecule has 0 spiro atoms. The van der Waals surface area contributed by atoms with Crippen molar-refractivity contribution in [2.45, 2.75) is 9.79 Å². The molecule has 146 valence electrons. The molecule has 3 aromatic rings. The number of nitrogens with zero attached hydrogens (tertiary/aromatic N) is 1. The second-order valence-corrected chi connectivity index (χ2v) is 8.73. The molecule has 3 rings (SSSR count). The highest BCUT2D eigenvalue weighted by Gasteiger charge is 2.17.